The minimum Gasteiger partial charge on any atom is -0.462 e. The van der Waals surface area contributed by atoms with Crippen LogP contribution in [0.1, 0.15) is 361 Å². The van der Waals surface area contributed by atoms with E-state index in [1.165, 1.54) is 231 Å². The van der Waals surface area contributed by atoms with Gasteiger partial charge in [0.2, 0.25) is 0 Å². The van der Waals surface area contributed by atoms with E-state index in [9.17, 15) is 14.4 Å². The first-order valence-electron chi connectivity index (χ1n) is 34.3. The molecule has 6 heteroatoms. The number of esters is 3. The Balaban J connectivity index is 4.25. The Labute approximate surface area is 485 Å². The van der Waals surface area contributed by atoms with Crippen molar-refractivity contribution < 1.29 is 28.6 Å². The van der Waals surface area contributed by atoms with Crippen molar-refractivity contribution in [1.29, 1.82) is 0 Å². The predicted molar refractivity (Wildman–Crippen MR) is 339 cm³/mol. The molecule has 0 rings (SSSR count). The molecule has 0 spiro atoms. The third kappa shape index (κ3) is 63.9. The molecule has 6 nitrogen and oxygen atoms in total. The zero-order valence-corrected chi connectivity index (χ0v) is 52.2. The highest BCUT2D eigenvalue weighted by Gasteiger charge is 2.19. The van der Waals surface area contributed by atoms with Crippen molar-refractivity contribution in [3.8, 4) is 0 Å². The smallest absolute Gasteiger partial charge is 0.306 e. The van der Waals surface area contributed by atoms with E-state index in [0.29, 0.717) is 19.3 Å². The van der Waals surface area contributed by atoms with Crippen LogP contribution in [0.2, 0.25) is 0 Å². The molecule has 0 heterocycles. The van der Waals surface area contributed by atoms with E-state index in [2.05, 4.69) is 81.5 Å². The van der Waals surface area contributed by atoms with Gasteiger partial charge in [-0.25, -0.2) is 0 Å². The third-order valence-corrected chi connectivity index (χ3v) is 15.3. The van der Waals surface area contributed by atoms with Crippen LogP contribution in [0.15, 0.2) is 60.8 Å². The Morgan fingerprint density at radius 3 is 0.782 bits per heavy atom. The second kappa shape index (κ2) is 66.6. The standard InChI is InChI=1S/C72H130O6/c1-4-7-10-13-16-19-22-25-27-29-31-33-34-35-36-37-38-39-41-42-44-47-50-53-56-59-62-65-71(74)77-68-69(67-76-70(73)64-61-58-55-52-49-46-24-21-18-15-12-9-6-3)78-72(75)66-63-60-57-54-51-48-45-43-40-32-30-28-26-23-20-17-14-11-8-5-2/h7,10,16,19,25,27,31,33,35-36,69H,4-6,8-9,11-15,17-18,20-24,26,28-30,32,34,37-68H2,1-3H3/b10-7-,19-16-,27-25-,33-31-,36-35-. The Kier molecular flexibility index (Phi) is 64.2. The van der Waals surface area contributed by atoms with Crippen LogP contribution in [0.25, 0.3) is 0 Å². The molecule has 1 atom stereocenters. The number of carbonyl (C=O) groups excluding carboxylic acids is 3. The summed E-state index contributed by atoms with van der Waals surface area (Å²) in [7, 11) is 0. The summed E-state index contributed by atoms with van der Waals surface area (Å²) in [4.78, 5) is 38.4. The van der Waals surface area contributed by atoms with Gasteiger partial charge in [-0.15, -0.1) is 0 Å². The van der Waals surface area contributed by atoms with Gasteiger partial charge in [-0.2, -0.15) is 0 Å². The van der Waals surface area contributed by atoms with Gasteiger partial charge in [0.25, 0.3) is 0 Å². The Morgan fingerprint density at radius 2 is 0.500 bits per heavy atom. The number of hydrogen-bond acceptors (Lipinski definition) is 6. The number of carbonyl (C=O) groups is 3. The van der Waals surface area contributed by atoms with Gasteiger partial charge in [0.15, 0.2) is 6.10 Å². The van der Waals surface area contributed by atoms with Crippen molar-refractivity contribution >= 4 is 17.9 Å². The summed E-state index contributed by atoms with van der Waals surface area (Å²) in [5, 5.41) is 0. The van der Waals surface area contributed by atoms with E-state index in [4.69, 9.17) is 14.2 Å². The maximum Gasteiger partial charge on any atom is 0.306 e. The fourth-order valence-electron chi connectivity index (χ4n) is 10.2. The monoisotopic (exact) mass is 1090 g/mol. The molecule has 0 aromatic carbocycles. The summed E-state index contributed by atoms with van der Waals surface area (Å²) in [5.74, 6) is -0.847. The van der Waals surface area contributed by atoms with Crippen molar-refractivity contribution in [2.45, 2.75) is 367 Å². The third-order valence-electron chi connectivity index (χ3n) is 15.3. The molecule has 0 fully saturated rings. The normalized spacial score (nSPS) is 12.4. The summed E-state index contributed by atoms with van der Waals surface area (Å²) in [6.45, 7) is 6.59. The lowest BCUT2D eigenvalue weighted by molar-refractivity contribution is -0.167. The van der Waals surface area contributed by atoms with E-state index in [0.717, 1.165) is 89.9 Å². The summed E-state index contributed by atoms with van der Waals surface area (Å²) in [6.07, 6.45) is 85.2. The zero-order chi connectivity index (χ0) is 56.4. The predicted octanol–water partition coefficient (Wildman–Crippen LogP) is 23.5. The van der Waals surface area contributed by atoms with E-state index in [1.807, 2.05) is 0 Å². The molecule has 0 bridgehead atoms. The Morgan fingerprint density at radius 1 is 0.269 bits per heavy atom. The molecule has 1 unspecified atom stereocenters. The molecule has 0 aliphatic heterocycles. The zero-order valence-electron chi connectivity index (χ0n) is 52.2. The topological polar surface area (TPSA) is 78.9 Å². The van der Waals surface area contributed by atoms with E-state index < -0.39 is 6.10 Å². The number of rotatable bonds is 63. The molecule has 454 valence electrons. The number of allylic oxidation sites excluding steroid dienone is 10. The molecule has 0 aromatic rings. The summed E-state index contributed by atoms with van der Waals surface area (Å²) in [5.41, 5.74) is 0. The van der Waals surface area contributed by atoms with E-state index in [1.54, 1.807) is 0 Å². The first kappa shape index (κ1) is 75.1. The molecule has 0 saturated heterocycles. The largest absolute Gasteiger partial charge is 0.462 e. The minimum absolute atomic E-state index is 0.0688. The molecule has 0 aliphatic carbocycles. The van der Waals surface area contributed by atoms with Gasteiger partial charge in [0, 0.05) is 19.3 Å². The van der Waals surface area contributed by atoms with Crippen molar-refractivity contribution in [1.82, 2.24) is 0 Å². The molecular weight excluding hydrogens is 961 g/mol. The van der Waals surface area contributed by atoms with E-state index >= 15 is 0 Å². The fourth-order valence-corrected chi connectivity index (χ4v) is 10.2. The average molecular weight is 1090 g/mol. The van der Waals surface area contributed by atoms with Gasteiger partial charge in [-0.1, -0.05) is 338 Å². The van der Waals surface area contributed by atoms with Crippen LogP contribution >= 0.6 is 0 Å². The van der Waals surface area contributed by atoms with Crippen molar-refractivity contribution in [3.05, 3.63) is 60.8 Å². The summed E-state index contributed by atoms with van der Waals surface area (Å²) in [6, 6.07) is 0. The van der Waals surface area contributed by atoms with Crippen molar-refractivity contribution in [2.75, 3.05) is 13.2 Å². The number of unbranched alkanes of at least 4 members (excludes halogenated alkanes) is 42. The first-order valence-corrected chi connectivity index (χ1v) is 34.3. The van der Waals surface area contributed by atoms with Gasteiger partial charge < -0.3 is 14.2 Å². The van der Waals surface area contributed by atoms with Crippen LogP contribution in [0, 0.1) is 0 Å². The van der Waals surface area contributed by atoms with Gasteiger partial charge in [0.05, 0.1) is 0 Å². The fraction of sp³-hybridized carbons (Fsp3) is 0.819. The SMILES string of the molecule is CC/C=C\C/C=C\C/C=C\C/C=C\C/C=C\CCCCCCCCCCCCCC(=O)OCC(COC(=O)CCCCCCCCCCCCCCC)OC(=O)CCCCCCCCCCCCCCCCCCCCCC. The van der Waals surface area contributed by atoms with Gasteiger partial charge in [-0.05, 0) is 64.2 Å². The van der Waals surface area contributed by atoms with Crippen LogP contribution in [-0.4, -0.2) is 37.2 Å². The van der Waals surface area contributed by atoms with Crippen LogP contribution in [0.5, 0.6) is 0 Å². The number of ether oxygens (including phenoxy) is 3. The highest BCUT2D eigenvalue weighted by molar-refractivity contribution is 5.71. The Bertz CT molecular complexity index is 1390. The van der Waals surface area contributed by atoms with Crippen molar-refractivity contribution in [3.63, 3.8) is 0 Å². The summed E-state index contributed by atoms with van der Waals surface area (Å²) < 4.78 is 17.0. The minimum atomic E-state index is -0.772. The van der Waals surface area contributed by atoms with Crippen LogP contribution < -0.4 is 0 Å². The molecule has 0 aromatic heterocycles. The van der Waals surface area contributed by atoms with E-state index in [-0.39, 0.29) is 31.1 Å². The van der Waals surface area contributed by atoms with Gasteiger partial charge >= 0.3 is 17.9 Å². The maximum absolute atomic E-state index is 12.9. The second-order valence-corrected chi connectivity index (χ2v) is 23.1. The second-order valence-electron chi connectivity index (χ2n) is 23.1. The molecule has 0 aliphatic rings. The van der Waals surface area contributed by atoms with Gasteiger partial charge in [0.1, 0.15) is 13.2 Å². The maximum atomic E-state index is 12.9. The summed E-state index contributed by atoms with van der Waals surface area (Å²) >= 11 is 0. The first-order chi connectivity index (χ1) is 38.5. The lowest BCUT2D eigenvalue weighted by Crippen LogP contribution is -2.30. The lowest BCUT2D eigenvalue weighted by atomic mass is 10.0. The molecule has 0 saturated carbocycles. The van der Waals surface area contributed by atoms with Crippen LogP contribution in [0.3, 0.4) is 0 Å². The molecular formula is C72H130O6. The highest BCUT2D eigenvalue weighted by atomic mass is 16.6. The molecule has 0 N–H and O–H groups in total. The molecule has 78 heavy (non-hydrogen) atoms. The van der Waals surface area contributed by atoms with Crippen LogP contribution in [0.4, 0.5) is 0 Å². The molecule has 0 amide bonds. The Hall–Kier alpha value is -2.89. The van der Waals surface area contributed by atoms with Gasteiger partial charge in [-0.3, -0.25) is 14.4 Å². The lowest BCUT2D eigenvalue weighted by Gasteiger charge is -2.18. The van der Waals surface area contributed by atoms with Crippen LogP contribution in [-0.2, 0) is 28.6 Å². The van der Waals surface area contributed by atoms with Crippen molar-refractivity contribution in [2.24, 2.45) is 0 Å². The number of hydrogen-bond donors (Lipinski definition) is 0. The quantitative estimate of drug-likeness (QED) is 0.0261. The average Bonchev–Trinajstić information content (AvgIpc) is 3.44. The molecule has 0 radical (unpaired) electrons. The highest BCUT2D eigenvalue weighted by Crippen LogP contribution is 2.18.